The van der Waals surface area contributed by atoms with Gasteiger partial charge in [0.2, 0.25) is 0 Å². The summed E-state index contributed by atoms with van der Waals surface area (Å²) in [5, 5.41) is 1.23. The minimum atomic E-state index is 0.670. The first-order valence-corrected chi connectivity index (χ1v) is 8.76. The maximum absolute atomic E-state index is 3.73. The number of thioether (sulfide) groups is 1. The van der Waals surface area contributed by atoms with Crippen molar-refractivity contribution < 1.29 is 0 Å². The fourth-order valence-electron chi connectivity index (χ4n) is 3.06. The minimum Gasteiger partial charge on any atom is -0.161 e. The summed E-state index contributed by atoms with van der Waals surface area (Å²) < 4.78 is 0. The summed E-state index contributed by atoms with van der Waals surface area (Å²) in [6, 6.07) is 0. The van der Waals surface area contributed by atoms with Gasteiger partial charge < -0.3 is 0 Å². The average molecular weight is 291 g/mol. The number of halogens is 1. The summed E-state index contributed by atoms with van der Waals surface area (Å²) in [5.41, 5.74) is 0.670. The van der Waals surface area contributed by atoms with Crippen LogP contribution in [-0.4, -0.2) is 16.8 Å². The molecule has 0 aromatic rings. The van der Waals surface area contributed by atoms with Gasteiger partial charge in [0.05, 0.1) is 0 Å². The van der Waals surface area contributed by atoms with Gasteiger partial charge in [-0.15, -0.1) is 0 Å². The Balaban J connectivity index is 1.67. The normalized spacial score (nSPS) is 26.2. The van der Waals surface area contributed by atoms with E-state index in [1.165, 1.54) is 68.2 Å². The van der Waals surface area contributed by atoms with Crippen molar-refractivity contribution in [3.05, 3.63) is 0 Å². The van der Waals surface area contributed by atoms with Gasteiger partial charge in [-0.2, -0.15) is 11.8 Å². The van der Waals surface area contributed by atoms with Crippen LogP contribution in [0.2, 0.25) is 0 Å². The zero-order chi connectivity index (χ0) is 10.6. The monoisotopic (exact) mass is 290 g/mol. The predicted octanol–water partition coefficient (Wildman–Crippen LogP) is 4.87. The van der Waals surface area contributed by atoms with E-state index in [4.69, 9.17) is 0 Å². The highest BCUT2D eigenvalue weighted by molar-refractivity contribution is 9.09. The summed E-state index contributed by atoms with van der Waals surface area (Å²) in [4.78, 5) is 0. The van der Waals surface area contributed by atoms with E-state index in [2.05, 4.69) is 27.7 Å². The molecule has 0 nitrogen and oxygen atoms in total. The molecule has 0 aliphatic heterocycles. The molecule has 2 saturated carbocycles. The van der Waals surface area contributed by atoms with Gasteiger partial charge in [-0.05, 0) is 48.5 Å². The second-order valence-corrected chi connectivity index (χ2v) is 7.10. The molecule has 2 rings (SSSR count). The predicted molar refractivity (Wildman–Crippen MR) is 74.0 cm³/mol. The topological polar surface area (TPSA) is 0 Å². The zero-order valence-corrected chi connectivity index (χ0v) is 12.0. The molecule has 0 heterocycles. The van der Waals surface area contributed by atoms with Gasteiger partial charge >= 0.3 is 0 Å². The molecule has 2 aliphatic carbocycles. The van der Waals surface area contributed by atoms with E-state index < -0.39 is 0 Å². The largest absolute Gasteiger partial charge is 0.161 e. The van der Waals surface area contributed by atoms with Crippen molar-refractivity contribution in [2.45, 2.75) is 51.4 Å². The molecule has 0 saturated heterocycles. The number of hydrogen-bond donors (Lipinski definition) is 0. The molecule has 0 radical (unpaired) electrons. The highest BCUT2D eigenvalue weighted by atomic mass is 79.9. The molecule has 2 fully saturated rings. The molecule has 0 aromatic heterocycles. The highest BCUT2D eigenvalue weighted by Crippen LogP contribution is 2.42. The van der Waals surface area contributed by atoms with Crippen molar-refractivity contribution in [3.63, 3.8) is 0 Å². The van der Waals surface area contributed by atoms with E-state index in [1.54, 1.807) is 0 Å². The third kappa shape index (κ3) is 3.39. The summed E-state index contributed by atoms with van der Waals surface area (Å²) in [7, 11) is 0. The summed E-state index contributed by atoms with van der Waals surface area (Å²) >= 11 is 5.97. The van der Waals surface area contributed by atoms with Crippen molar-refractivity contribution in [1.82, 2.24) is 0 Å². The van der Waals surface area contributed by atoms with Crippen LogP contribution in [0.25, 0.3) is 0 Å². The molecule has 88 valence electrons. The zero-order valence-electron chi connectivity index (χ0n) is 9.64. The van der Waals surface area contributed by atoms with Crippen LogP contribution in [0.5, 0.6) is 0 Å². The SMILES string of the molecule is BrCC1(CSCC2CCCC2)CCCC1. The molecule has 0 amide bonds. The summed E-state index contributed by atoms with van der Waals surface area (Å²) in [5.74, 6) is 3.91. The number of alkyl halides is 1. The molecule has 0 unspecified atom stereocenters. The van der Waals surface area contributed by atoms with Crippen molar-refractivity contribution in [2.75, 3.05) is 16.8 Å². The first-order valence-electron chi connectivity index (χ1n) is 6.48. The summed E-state index contributed by atoms with van der Waals surface area (Å²) in [6.45, 7) is 0. The van der Waals surface area contributed by atoms with E-state index in [-0.39, 0.29) is 0 Å². The molecule has 0 aromatic carbocycles. The van der Waals surface area contributed by atoms with E-state index in [1.807, 2.05) is 0 Å². The molecular formula is C13H23BrS. The van der Waals surface area contributed by atoms with Crippen molar-refractivity contribution >= 4 is 27.7 Å². The smallest absolute Gasteiger partial charge is 0.00958 e. The van der Waals surface area contributed by atoms with Crippen LogP contribution in [-0.2, 0) is 0 Å². The Morgan fingerprint density at radius 3 is 2.33 bits per heavy atom. The highest BCUT2D eigenvalue weighted by Gasteiger charge is 2.32. The molecule has 15 heavy (non-hydrogen) atoms. The average Bonchev–Trinajstić information content (AvgIpc) is 2.89. The molecule has 2 aliphatic rings. The molecule has 0 bridgehead atoms. The Kier molecular flexibility index (Phi) is 4.88. The van der Waals surface area contributed by atoms with Gasteiger partial charge in [-0.1, -0.05) is 41.6 Å². The second kappa shape index (κ2) is 5.95. The van der Waals surface area contributed by atoms with Gasteiger partial charge in [0.1, 0.15) is 0 Å². The molecular weight excluding hydrogens is 268 g/mol. The fourth-order valence-corrected chi connectivity index (χ4v) is 5.69. The van der Waals surface area contributed by atoms with Crippen molar-refractivity contribution in [3.8, 4) is 0 Å². The Morgan fingerprint density at radius 2 is 1.73 bits per heavy atom. The number of rotatable bonds is 5. The van der Waals surface area contributed by atoms with E-state index in [0.717, 1.165) is 5.92 Å². The maximum Gasteiger partial charge on any atom is 0.00958 e. The van der Waals surface area contributed by atoms with Crippen LogP contribution in [0.4, 0.5) is 0 Å². The lowest BCUT2D eigenvalue weighted by molar-refractivity contribution is 0.405. The fraction of sp³-hybridized carbons (Fsp3) is 1.00. The molecule has 0 N–H and O–H groups in total. The summed E-state index contributed by atoms with van der Waals surface area (Å²) in [6.07, 6.45) is 11.9. The lowest BCUT2D eigenvalue weighted by atomic mass is 9.92. The second-order valence-electron chi connectivity index (χ2n) is 5.51. The van der Waals surface area contributed by atoms with Gasteiger partial charge in [0.25, 0.3) is 0 Å². The maximum atomic E-state index is 3.73. The first-order chi connectivity index (χ1) is 7.35. The quantitative estimate of drug-likeness (QED) is 0.651. The van der Waals surface area contributed by atoms with Gasteiger partial charge in [-0.3, -0.25) is 0 Å². The Labute approximate surface area is 107 Å². The third-order valence-corrected chi connectivity index (χ3v) is 6.90. The standard InChI is InChI=1S/C13H23BrS/c14-10-13(7-3-4-8-13)11-15-9-12-5-1-2-6-12/h12H,1-11H2. The van der Waals surface area contributed by atoms with Gasteiger partial charge in [0, 0.05) is 5.33 Å². The van der Waals surface area contributed by atoms with E-state index >= 15 is 0 Å². The molecule has 0 atom stereocenters. The Hall–Kier alpha value is 0.830. The van der Waals surface area contributed by atoms with Gasteiger partial charge in [-0.25, -0.2) is 0 Å². The molecule has 2 heteroatoms. The van der Waals surface area contributed by atoms with Crippen molar-refractivity contribution in [1.29, 1.82) is 0 Å². The Morgan fingerprint density at radius 1 is 1.07 bits per heavy atom. The van der Waals surface area contributed by atoms with Crippen molar-refractivity contribution in [2.24, 2.45) is 11.3 Å². The Bertz CT molecular complexity index is 181. The first kappa shape index (κ1) is 12.3. The molecule has 0 spiro atoms. The van der Waals surface area contributed by atoms with Crippen LogP contribution in [0.15, 0.2) is 0 Å². The van der Waals surface area contributed by atoms with Gasteiger partial charge in [0.15, 0.2) is 0 Å². The third-order valence-electron chi connectivity index (χ3n) is 4.18. The van der Waals surface area contributed by atoms with Crippen LogP contribution < -0.4 is 0 Å². The lowest BCUT2D eigenvalue weighted by Crippen LogP contribution is -2.22. The van der Waals surface area contributed by atoms with Crippen LogP contribution in [0, 0.1) is 11.3 Å². The van der Waals surface area contributed by atoms with Crippen LogP contribution in [0.1, 0.15) is 51.4 Å². The number of hydrogen-bond acceptors (Lipinski definition) is 1. The van der Waals surface area contributed by atoms with E-state index in [0.29, 0.717) is 5.41 Å². The van der Waals surface area contributed by atoms with Crippen LogP contribution >= 0.6 is 27.7 Å². The van der Waals surface area contributed by atoms with Crippen LogP contribution in [0.3, 0.4) is 0 Å². The van der Waals surface area contributed by atoms with E-state index in [9.17, 15) is 0 Å². The minimum absolute atomic E-state index is 0.670. The lowest BCUT2D eigenvalue weighted by Gasteiger charge is -2.26.